The molecule has 0 radical (unpaired) electrons. The van der Waals surface area contributed by atoms with E-state index in [9.17, 15) is 18.0 Å². The van der Waals surface area contributed by atoms with Crippen molar-refractivity contribution in [1.82, 2.24) is 4.31 Å². The number of rotatable bonds is 7. The van der Waals surface area contributed by atoms with E-state index in [4.69, 9.17) is 16.3 Å². The number of esters is 1. The standard InChI is InChI=1S/C23H25ClN2O5S/c24-18-9-7-17(8-10-18)23(11-4-12-23)22(28)31-16-21(27)25-19-5-3-6-20(15-19)32(29,30)26-13-1-2-14-26/h3,5-10,15H,1-2,4,11-14,16H2,(H,25,27). The predicted octanol–water partition coefficient (Wildman–Crippen LogP) is 3.73. The maximum Gasteiger partial charge on any atom is 0.317 e. The lowest BCUT2D eigenvalue weighted by molar-refractivity contribution is -0.156. The molecule has 0 unspecified atom stereocenters. The summed E-state index contributed by atoms with van der Waals surface area (Å²) in [5.74, 6) is -0.966. The second-order valence-electron chi connectivity index (χ2n) is 8.21. The van der Waals surface area contributed by atoms with Gasteiger partial charge in [-0.1, -0.05) is 36.2 Å². The fraction of sp³-hybridized carbons (Fsp3) is 0.391. The molecule has 0 atom stereocenters. The minimum Gasteiger partial charge on any atom is -0.455 e. The Kier molecular flexibility index (Phi) is 6.55. The largest absolute Gasteiger partial charge is 0.455 e. The van der Waals surface area contributed by atoms with Gasteiger partial charge in [-0.2, -0.15) is 4.31 Å². The molecule has 1 aliphatic carbocycles. The quantitative estimate of drug-likeness (QED) is 0.614. The Morgan fingerprint density at radius 3 is 2.34 bits per heavy atom. The zero-order valence-corrected chi connectivity index (χ0v) is 19.1. The van der Waals surface area contributed by atoms with E-state index in [2.05, 4.69) is 5.32 Å². The van der Waals surface area contributed by atoms with E-state index in [1.807, 2.05) is 12.1 Å². The maximum atomic E-state index is 12.8. The minimum atomic E-state index is -3.58. The van der Waals surface area contributed by atoms with Crippen LogP contribution in [0.2, 0.25) is 5.02 Å². The molecular formula is C23H25ClN2O5S. The van der Waals surface area contributed by atoms with Crippen molar-refractivity contribution in [2.75, 3.05) is 25.0 Å². The average molecular weight is 477 g/mol. The number of hydrogen-bond acceptors (Lipinski definition) is 5. The molecule has 7 nitrogen and oxygen atoms in total. The normalized spacial score (nSPS) is 18.0. The first-order chi connectivity index (χ1) is 15.3. The highest BCUT2D eigenvalue weighted by atomic mass is 35.5. The van der Waals surface area contributed by atoms with Gasteiger partial charge in [-0.05, 0) is 61.6 Å². The molecule has 170 valence electrons. The molecule has 0 spiro atoms. The Morgan fingerprint density at radius 2 is 1.72 bits per heavy atom. The Morgan fingerprint density at radius 1 is 1.03 bits per heavy atom. The second kappa shape index (κ2) is 9.21. The van der Waals surface area contributed by atoms with Gasteiger partial charge in [-0.25, -0.2) is 8.42 Å². The third-order valence-corrected chi connectivity index (χ3v) is 8.30. The molecule has 1 N–H and O–H groups in total. The molecule has 1 aliphatic heterocycles. The van der Waals surface area contributed by atoms with Gasteiger partial charge in [0.05, 0.1) is 10.3 Å². The van der Waals surface area contributed by atoms with Crippen LogP contribution < -0.4 is 5.32 Å². The molecule has 4 rings (SSSR count). The van der Waals surface area contributed by atoms with Crippen LogP contribution in [0.5, 0.6) is 0 Å². The molecule has 1 saturated heterocycles. The van der Waals surface area contributed by atoms with Crippen LogP contribution in [-0.2, 0) is 29.8 Å². The molecule has 0 aromatic heterocycles. The van der Waals surface area contributed by atoms with Gasteiger partial charge in [0.2, 0.25) is 10.0 Å². The summed E-state index contributed by atoms with van der Waals surface area (Å²) in [5, 5.41) is 3.21. The number of nitrogens with zero attached hydrogens (tertiary/aromatic N) is 1. The highest BCUT2D eigenvalue weighted by Gasteiger charge is 2.47. The van der Waals surface area contributed by atoms with Crippen molar-refractivity contribution in [3.05, 3.63) is 59.1 Å². The van der Waals surface area contributed by atoms with Crippen LogP contribution in [0.3, 0.4) is 0 Å². The summed E-state index contributed by atoms with van der Waals surface area (Å²) in [5.41, 5.74) is 0.426. The lowest BCUT2D eigenvalue weighted by atomic mass is 9.64. The Balaban J connectivity index is 1.38. The van der Waals surface area contributed by atoms with Crippen LogP contribution in [0.25, 0.3) is 0 Å². The zero-order valence-electron chi connectivity index (χ0n) is 17.6. The van der Waals surface area contributed by atoms with Crippen molar-refractivity contribution < 1.29 is 22.7 Å². The minimum absolute atomic E-state index is 0.130. The highest BCUT2D eigenvalue weighted by Crippen LogP contribution is 2.45. The summed E-state index contributed by atoms with van der Waals surface area (Å²) in [6.07, 6.45) is 3.91. The van der Waals surface area contributed by atoms with Gasteiger partial charge in [0, 0.05) is 23.8 Å². The van der Waals surface area contributed by atoms with Gasteiger partial charge >= 0.3 is 5.97 Å². The molecular weight excluding hydrogens is 452 g/mol. The van der Waals surface area contributed by atoms with E-state index in [-0.39, 0.29) is 4.90 Å². The number of hydrogen-bond donors (Lipinski definition) is 1. The van der Waals surface area contributed by atoms with Crippen molar-refractivity contribution in [1.29, 1.82) is 0 Å². The lowest BCUT2D eigenvalue weighted by Gasteiger charge is -2.39. The van der Waals surface area contributed by atoms with Crippen LogP contribution in [0.4, 0.5) is 5.69 Å². The number of anilines is 1. The van der Waals surface area contributed by atoms with Crippen LogP contribution in [-0.4, -0.2) is 44.3 Å². The fourth-order valence-corrected chi connectivity index (χ4v) is 5.88. The van der Waals surface area contributed by atoms with Crippen molar-refractivity contribution in [3.63, 3.8) is 0 Å². The number of benzene rings is 2. The maximum absolute atomic E-state index is 12.8. The highest BCUT2D eigenvalue weighted by molar-refractivity contribution is 7.89. The molecule has 1 saturated carbocycles. The van der Waals surface area contributed by atoms with Gasteiger partial charge < -0.3 is 10.1 Å². The Bertz CT molecular complexity index is 1110. The predicted molar refractivity (Wildman–Crippen MR) is 121 cm³/mol. The summed E-state index contributed by atoms with van der Waals surface area (Å²) in [7, 11) is -3.58. The Labute approximate surface area is 192 Å². The first kappa shape index (κ1) is 22.8. The summed E-state index contributed by atoms with van der Waals surface area (Å²) in [4.78, 5) is 25.3. The van der Waals surface area contributed by atoms with Crippen LogP contribution in [0.15, 0.2) is 53.4 Å². The molecule has 9 heteroatoms. The third kappa shape index (κ3) is 4.53. The molecule has 2 aromatic carbocycles. The van der Waals surface area contributed by atoms with E-state index in [0.29, 0.717) is 36.6 Å². The fourth-order valence-electron chi connectivity index (χ4n) is 4.19. The van der Waals surface area contributed by atoms with E-state index >= 15 is 0 Å². The molecule has 2 aromatic rings. The number of carbonyl (C=O) groups is 2. The van der Waals surface area contributed by atoms with Crippen LogP contribution in [0.1, 0.15) is 37.7 Å². The Hall–Kier alpha value is -2.42. The van der Waals surface area contributed by atoms with Gasteiger partial charge in [0.25, 0.3) is 5.91 Å². The second-order valence-corrected chi connectivity index (χ2v) is 10.6. The molecule has 1 amide bonds. The van der Waals surface area contributed by atoms with Gasteiger partial charge in [-0.3, -0.25) is 9.59 Å². The van der Waals surface area contributed by atoms with Crippen molar-refractivity contribution in [3.8, 4) is 0 Å². The van der Waals surface area contributed by atoms with Gasteiger partial charge in [0.15, 0.2) is 6.61 Å². The topological polar surface area (TPSA) is 92.8 Å². The van der Waals surface area contributed by atoms with E-state index in [1.54, 1.807) is 24.3 Å². The summed E-state index contributed by atoms with van der Waals surface area (Å²) in [6.45, 7) is 0.561. The smallest absolute Gasteiger partial charge is 0.317 e. The van der Waals surface area contributed by atoms with E-state index in [1.165, 1.54) is 16.4 Å². The summed E-state index contributed by atoms with van der Waals surface area (Å²) >= 11 is 5.95. The molecule has 2 fully saturated rings. The van der Waals surface area contributed by atoms with Gasteiger partial charge in [0.1, 0.15) is 0 Å². The number of halogens is 1. The van der Waals surface area contributed by atoms with E-state index in [0.717, 1.165) is 24.8 Å². The van der Waals surface area contributed by atoms with Crippen molar-refractivity contribution >= 4 is 39.2 Å². The number of ether oxygens (including phenoxy) is 1. The lowest BCUT2D eigenvalue weighted by Crippen LogP contribution is -2.44. The average Bonchev–Trinajstić information content (AvgIpc) is 3.29. The number of amides is 1. The number of carbonyl (C=O) groups excluding carboxylic acids is 2. The number of nitrogens with one attached hydrogen (secondary N) is 1. The molecule has 32 heavy (non-hydrogen) atoms. The number of sulfonamides is 1. The van der Waals surface area contributed by atoms with Crippen molar-refractivity contribution in [2.24, 2.45) is 0 Å². The van der Waals surface area contributed by atoms with Crippen LogP contribution >= 0.6 is 11.6 Å². The SMILES string of the molecule is O=C(COC(=O)C1(c2ccc(Cl)cc2)CCC1)Nc1cccc(S(=O)(=O)N2CCCC2)c1. The monoisotopic (exact) mass is 476 g/mol. The summed E-state index contributed by atoms with van der Waals surface area (Å²) in [6, 6.07) is 13.2. The van der Waals surface area contributed by atoms with Crippen molar-refractivity contribution in [2.45, 2.75) is 42.4 Å². The zero-order chi connectivity index (χ0) is 22.8. The van der Waals surface area contributed by atoms with E-state index < -0.39 is 33.9 Å². The first-order valence-corrected chi connectivity index (χ1v) is 12.5. The third-order valence-electron chi connectivity index (χ3n) is 6.15. The first-order valence-electron chi connectivity index (χ1n) is 10.6. The molecule has 2 aliphatic rings. The summed E-state index contributed by atoms with van der Waals surface area (Å²) < 4.78 is 32.2. The van der Waals surface area contributed by atoms with Gasteiger partial charge in [-0.15, -0.1) is 0 Å². The molecule has 0 bridgehead atoms. The van der Waals surface area contributed by atoms with Crippen LogP contribution in [0, 0.1) is 0 Å². The molecule has 1 heterocycles.